The molecular weight excluding hydrogens is 427 g/mol. The van der Waals surface area contributed by atoms with Gasteiger partial charge in [-0.3, -0.25) is 10.1 Å². The fraction of sp³-hybridized carbons (Fsp3) is 0.238. The van der Waals surface area contributed by atoms with Gasteiger partial charge < -0.3 is 15.4 Å². The van der Waals surface area contributed by atoms with Crippen molar-refractivity contribution in [1.29, 1.82) is 0 Å². The summed E-state index contributed by atoms with van der Waals surface area (Å²) in [5.41, 5.74) is 1.65. The van der Waals surface area contributed by atoms with Crippen LogP contribution in [0.3, 0.4) is 0 Å². The van der Waals surface area contributed by atoms with Gasteiger partial charge in [0.15, 0.2) is 0 Å². The molecule has 0 unspecified atom stereocenters. The molecule has 3 aromatic rings. The summed E-state index contributed by atoms with van der Waals surface area (Å²) in [5.74, 6) is 0.475. The van der Waals surface area contributed by atoms with E-state index in [4.69, 9.17) is 0 Å². The Morgan fingerprint density at radius 2 is 1.84 bits per heavy atom. The third-order valence-corrected chi connectivity index (χ3v) is 4.62. The lowest BCUT2D eigenvalue weighted by Gasteiger charge is -2.13. The van der Waals surface area contributed by atoms with Gasteiger partial charge in [0.1, 0.15) is 11.6 Å². The van der Waals surface area contributed by atoms with E-state index < -0.39 is 11.3 Å². The van der Waals surface area contributed by atoms with E-state index in [2.05, 4.69) is 25.3 Å². The highest BCUT2D eigenvalue weighted by atomic mass is 19.4. The van der Waals surface area contributed by atoms with Crippen LogP contribution in [0.25, 0.3) is 11.3 Å². The van der Waals surface area contributed by atoms with Crippen LogP contribution in [0.5, 0.6) is 5.75 Å². The summed E-state index contributed by atoms with van der Waals surface area (Å²) in [6.45, 7) is 0.342. The lowest BCUT2D eigenvalue weighted by atomic mass is 10.1. The average molecular weight is 445 g/mol. The molecule has 1 fully saturated rings. The van der Waals surface area contributed by atoms with Crippen LogP contribution >= 0.6 is 0 Å². The predicted octanol–water partition coefficient (Wildman–Crippen LogP) is 5.14. The fourth-order valence-electron chi connectivity index (χ4n) is 2.94. The summed E-state index contributed by atoms with van der Waals surface area (Å²) in [7, 11) is 0. The zero-order valence-corrected chi connectivity index (χ0v) is 16.6. The number of hydrogen-bond acceptors (Lipinski definition) is 7. The lowest BCUT2D eigenvalue weighted by molar-refractivity contribution is -0.384. The molecule has 0 spiro atoms. The summed E-state index contributed by atoms with van der Waals surface area (Å²) in [5, 5.41) is 17.1. The summed E-state index contributed by atoms with van der Waals surface area (Å²) in [6.07, 6.45) is -2.80. The minimum absolute atomic E-state index is 0.00468. The molecular formula is C21H18F3N5O3. The Morgan fingerprint density at radius 1 is 1.09 bits per heavy atom. The quantitative estimate of drug-likeness (QED) is 0.366. The van der Waals surface area contributed by atoms with Crippen molar-refractivity contribution in [3.8, 4) is 17.0 Å². The monoisotopic (exact) mass is 445 g/mol. The number of nitrogens with zero attached hydrogens (tertiary/aromatic N) is 3. The second-order valence-corrected chi connectivity index (χ2v) is 7.23. The van der Waals surface area contributed by atoms with Crippen LogP contribution in [0.4, 0.5) is 30.6 Å². The van der Waals surface area contributed by atoms with Crippen LogP contribution < -0.4 is 15.4 Å². The predicted molar refractivity (Wildman–Crippen MR) is 111 cm³/mol. The standard InChI is InChI=1S/C21H18F3N5O3/c22-21(23,24)32-17-3-1-2-14(10-17)18-11-19(28-20(27-18)26-15-6-7-15)25-12-13-4-8-16(9-5-13)29(30)31/h1-5,8-11,15H,6-7,12H2,(H2,25,26,27,28). The number of nitrogens with one attached hydrogen (secondary N) is 2. The number of alkyl halides is 3. The van der Waals surface area contributed by atoms with Gasteiger partial charge in [0.2, 0.25) is 5.95 Å². The summed E-state index contributed by atoms with van der Waals surface area (Å²) < 4.78 is 41.7. The second-order valence-electron chi connectivity index (χ2n) is 7.23. The van der Waals surface area contributed by atoms with Crippen LogP contribution in [0.2, 0.25) is 0 Å². The van der Waals surface area contributed by atoms with Gasteiger partial charge >= 0.3 is 6.36 Å². The number of hydrogen-bond donors (Lipinski definition) is 2. The first kappa shape index (κ1) is 21.3. The Kier molecular flexibility index (Phi) is 5.80. The van der Waals surface area contributed by atoms with Crippen molar-refractivity contribution >= 4 is 17.5 Å². The highest BCUT2D eigenvalue weighted by molar-refractivity contribution is 5.66. The molecule has 2 N–H and O–H groups in total. The number of rotatable bonds is 8. The van der Waals surface area contributed by atoms with Gasteiger partial charge in [-0.15, -0.1) is 13.2 Å². The molecule has 0 atom stereocenters. The largest absolute Gasteiger partial charge is 0.573 e. The maximum Gasteiger partial charge on any atom is 0.573 e. The van der Waals surface area contributed by atoms with Crippen LogP contribution in [0.15, 0.2) is 54.6 Å². The van der Waals surface area contributed by atoms with Gasteiger partial charge in [-0.05, 0) is 30.5 Å². The van der Waals surface area contributed by atoms with Crippen molar-refractivity contribution in [2.45, 2.75) is 31.8 Å². The molecule has 166 valence electrons. The van der Waals surface area contributed by atoms with Crippen molar-refractivity contribution in [2.24, 2.45) is 0 Å². The molecule has 8 nitrogen and oxygen atoms in total. The lowest BCUT2D eigenvalue weighted by Crippen LogP contribution is -2.17. The first-order valence-corrected chi connectivity index (χ1v) is 9.74. The number of aromatic nitrogens is 2. The highest BCUT2D eigenvalue weighted by Crippen LogP contribution is 2.30. The Bertz CT molecular complexity index is 1120. The van der Waals surface area contributed by atoms with Crippen molar-refractivity contribution < 1.29 is 22.8 Å². The molecule has 0 saturated heterocycles. The Hall–Kier alpha value is -3.89. The number of anilines is 2. The molecule has 0 amide bonds. The molecule has 4 rings (SSSR count). The SMILES string of the molecule is O=[N+]([O-])c1ccc(CNc2cc(-c3cccc(OC(F)(F)F)c3)nc(NC3CC3)n2)cc1. The van der Waals surface area contributed by atoms with Crippen molar-refractivity contribution in [2.75, 3.05) is 10.6 Å². The van der Waals surface area contributed by atoms with Gasteiger partial charge in [0, 0.05) is 36.3 Å². The zero-order valence-electron chi connectivity index (χ0n) is 16.6. The van der Waals surface area contributed by atoms with Gasteiger partial charge in [-0.25, -0.2) is 4.98 Å². The Morgan fingerprint density at radius 3 is 2.50 bits per heavy atom. The second kappa shape index (κ2) is 8.69. The van der Waals surface area contributed by atoms with Crippen molar-refractivity contribution in [3.63, 3.8) is 0 Å². The fourth-order valence-corrected chi connectivity index (χ4v) is 2.94. The van der Waals surface area contributed by atoms with Crippen LogP contribution in [0.1, 0.15) is 18.4 Å². The number of halogens is 3. The molecule has 1 heterocycles. The molecule has 1 aromatic heterocycles. The minimum Gasteiger partial charge on any atom is -0.406 e. The first-order valence-electron chi connectivity index (χ1n) is 9.74. The molecule has 32 heavy (non-hydrogen) atoms. The molecule has 11 heteroatoms. The minimum atomic E-state index is -4.79. The molecule has 1 saturated carbocycles. The van der Waals surface area contributed by atoms with E-state index in [0.29, 0.717) is 29.6 Å². The first-order chi connectivity index (χ1) is 15.2. The number of non-ortho nitro benzene ring substituents is 1. The third-order valence-electron chi connectivity index (χ3n) is 4.62. The summed E-state index contributed by atoms with van der Waals surface area (Å²) >= 11 is 0. The molecule has 1 aliphatic rings. The Labute approximate surface area is 180 Å². The van der Waals surface area contributed by atoms with Crippen LogP contribution in [0, 0.1) is 10.1 Å². The van der Waals surface area contributed by atoms with E-state index in [-0.39, 0.29) is 17.5 Å². The van der Waals surface area contributed by atoms with E-state index in [1.807, 2.05) is 0 Å². The van der Waals surface area contributed by atoms with E-state index in [0.717, 1.165) is 18.4 Å². The van der Waals surface area contributed by atoms with Crippen LogP contribution in [-0.4, -0.2) is 27.3 Å². The maximum absolute atomic E-state index is 12.6. The van der Waals surface area contributed by atoms with Crippen LogP contribution in [-0.2, 0) is 6.54 Å². The van der Waals surface area contributed by atoms with Crippen molar-refractivity contribution in [3.05, 3.63) is 70.3 Å². The number of nitro benzene ring substituents is 1. The smallest absolute Gasteiger partial charge is 0.406 e. The average Bonchev–Trinajstić information content (AvgIpc) is 3.55. The zero-order chi connectivity index (χ0) is 22.7. The molecule has 2 aromatic carbocycles. The maximum atomic E-state index is 12.6. The normalized spacial score (nSPS) is 13.5. The topological polar surface area (TPSA) is 102 Å². The summed E-state index contributed by atoms with van der Waals surface area (Å²) in [6, 6.07) is 13.5. The molecule has 1 aliphatic carbocycles. The Balaban J connectivity index is 1.57. The van der Waals surface area contributed by atoms with Gasteiger partial charge in [0.05, 0.1) is 10.6 Å². The molecule has 0 radical (unpaired) electrons. The third kappa shape index (κ3) is 5.84. The number of benzene rings is 2. The molecule has 0 bridgehead atoms. The van der Waals surface area contributed by atoms with Gasteiger partial charge in [-0.2, -0.15) is 4.98 Å². The van der Waals surface area contributed by atoms with E-state index in [1.165, 1.54) is 30.3 Å². The highest BCUT2D eigenvalue weighted by Gasteiger charge is 2.31. The number of nitro groups is 1. The number of ether oxygens (including phenoxy) is 1. The van der Waals surface area contributed by atoms with Gasteiger partial charge in [-0.1, -0.05) is 24.3 Å². The molecule has 0 aliphatic heterocycles. The van der Waals surface area contributed by atoms with Gasteiger partial charge in [0.25, 0.3) is 5.69 Å². The van der Waals surface area contributed by atoms with E-state index in [9.17, 15) is 23.3 Å². The summed E-state index contributed by atoms with van der Waals surface area (Å²) in [4.78, 5) is 19.2. The van der Waals surface area contributed by atoms with E-state index in [1.54, 1.807) is 24.3 Å². The van der Waals surface area contributed by atoms with Crippen molar-refractivity contribution in [1.82, 2.24) is 9.97 Å². The van der Waals surface area contributed by atoms with E-state index >= 15 is 0 Å².